The average Bonchev–Trinajstić information content (AvgIpc) is 0.780. The van der Waals surface area contributed by atoms with Gasteiger partial charge < -0.3 is 89.9 Å². The fourth-order valence-corrected chi connectivity index (χ4v) is 15.4. The molecular formula is C94H169NO18. The molecule has 0 bridgehead atoms. The van der Waals surface area contributed by atoms with Gasteiger partial charge in [0.2, 0.25) is 5.91 Å². The molecule has 0 aromatic heterocycles. The van der Waals surface area contributed by atoms with Gasteiger partial charge in [-0.25, -0.2) is 0 Å². The Kier molecular flexibility index (Phi) is 67.2. The number of rotatable bonds is 75. The van der Waals surface area contributed by atoms with Crippen molar-refractivity contribution >= 4 is 5.91 Å². The summed E-state index contributed by atoms with van der Waals surface area (Å²) in [5.41, 5.74) is 0. The van der Waals surface area contributed by atoms with Crippen molar-refractivity contribution in [1.82, 2.24) is 5.32 Å². The molecule has 17 atom stereocenters. The first-order chi connectivity index (χ1) is 55.3. The number of hydrogen-bond acceptors (Lipinski definition) is 18. The molecule has 0 aliphatic carbocycles. The molecule has 113 heavy (non-hydrogen) atoms. The van der Waals surface area contributed by atoms with Crippen molar-refractivity contribution in [3.05, 3.63) is 85.1 Å². The van der Waals surface area contributed by atoms with E-state index in [1.54, 1.807) is 6.08 Å². The maximum absolute atomic E-state index is 13.5. The molecule has 19 heteroatoms. The van der Waals surface area contributed by atoms with E-state index in [0.29, 0.717) is 6.42 Å². The lowest BCUT2D eigenvalue weighted by molar-refractivity contribution is -0.379. The van der Waals surface area contributed by atoms with Crippen LogP contribution in [0.5, 0.6) is 0 Å². The molecule has 19 nitrogen and oxygen atoms in total. The monoisotopic (exact) mass is 1600 g/mol. The predicted molar refractivity (Wildman–Crippen MR) is 457 cm³/mol. The molecule has 0 radical (unpaired) electrons. The summed E-state index contributed by atoms with van der Waals surface area (Å²) in [6.45, 7) is 1.68. The summed E-state index contributed by atoms with van der Waals surface area (Å²) in [6, 6.07) is -0.979. The van der Waals surface area contributed by atoms with Crippen LogP contribution < -0.4 is 5.32 Å². The Morgan fingerprint density at radius 2 is 0.611 bits per heavy atom. The number of allylic oxidation sites excluding steroid dienone is 13. The first-order valence-corrected chi connectivity index (χ1v) is 46.3. The third-order valence-corrected chi connectivity index (χ3v) is 22.7. The molecule has 3 saturated heterocycles. The first-order valence-electron chi connectivity index (χ1n) is 46.3. The number of carbonyl (C=O) groups is 1. The predicted octanol–water partition coefficient (Wildman–Crippen LogP) is 18.1. The van der Waals surface area contributed by atoms with Crippen LogP contribution in [0.3, 0.4) is 0 Å². The topological polar surface area (TPSA) is 307 Å². The molecular weight excluding hydrogens is 1430 g/mol. The van der Waals surface area contributed by atoms with E-state index in [1.165, 1.54) is 263 Å². The van der Waals surface area contributed by atoms with Gasteiger partial charge in [0.1, 0.15) is 73.2 Å². The number of amides is 1. The summed E-state index contributed by atoms with van der Waals surface area (Å²) >= 11 is 0. The van der Waals surface area contributed by atoms with Crippen molar-refractivity contribution in [3.8, 4) is 0 Å². The van der Waals surface area contributed by atoms with Crippen LogP contribution in [0.1, 0.15) is 373 Å². The Balaban J connectivity index is 1.32. The van der Waals surface area contributed by atoms with Crippen LogP contribution in [-0.4, -0.2) is 193 Å². The number of unbranched alkanes of at least 4 members (excludes halogenated alkanes) is 47. The number of nitrogens with one attached hydrogen (secondary N) is 1. The Morgan fingerprint density at radius 1 is 0.327 bits per heavy atom. The molecule has 658 valence electrons. The van der Waals surface area contributed by atoms with E-state index in [1.807, 2.05) is 6.08 Å². The van der Waals surface area contributed by atoms with E-state index in [9.17, 15) is 61.0 Å². The Morgan fingerprint density at radius 3 is 0.956 bits per heavy atom. The highest BCUT2D eigenvalue weighted by Crippen LogP contribution is 2.34. The van der Waals surface area contributed by atoms with Crippen molar-refractivity contribution < 1.29 is 89.4 Å². The van der Waals surface area contributed by atoms with Crippen molar-refractivity contribution in [3.63, 3.8) is 0 Å². The van der Waals surface area contributed by atoms with E-state index in [2.05, 4.69) is 92.1 Å². The quantitative estimate of drug-likeness (QED) is 0.0199. The number of carbonyl (C=O) groups excluding carboxylic acids is 1. The zero-order valence-corrected chi connectivity index (χ0v) is 71.1. The molecule has 1 amide bonds. The standard InChI is InChI=1S/C94H169NO18/c1-3-5-7-9-11-13-15-17-19-21-23-25-27-29-31-33-35-37-38-40-42-44-46-48-50-52-54-56-58-60-62-64-66-68-70-72-82(100)95-77(78(99)71-69-67-65-63-61-59-57-55-53-51-49-47-45-43-41-39-36-34-32-30-28-26-24-22-20-18-16-14-12-10-8-6-4-2)76-108-92-88(106)85(103)90(80(74-97)110-92)113-94-89(107)86(104)91(81(75-98)111-94)112-93-87(105)84(102)83(101)79(73-96)109-93/h5,7,11,13,17,19,23,25,29,31,35,37,69,71,77-81,83-94,96-99,101-107H,3-4,6,8-10,12,14-16,18,20-22,24,26-28,30,32-34,36,38-68,70,72-76H2,1-2H3,(H,95,100)/b7-5-,13-11-,19-17-,25-23-,31-29-,37-35-,71-69+. The van der Waals surface area contributed by atoms with Gasteiger partial charge in [-0.3, -0.25) is 4.79 Å². The van der Waals surface area contributed by atoms with Crippen molar-refractivity contribution in [2.75, 3.05) is 26.4 Å². The molecule has 3 fully saturated rings. The highest BCUT2D eigenvalue weighted by Gasteiger charge is 2.54. The molecule has 3 rings (SSSR count). The fraction of sp³-hybridized carbons (Fsp3) is 0.840. The minimum absolute atomic E-state index is 0.241. The van der Waals surface area contributed by atoms with E-state index < -0.39 is 124 Å². The number of ether oxygens (including phenoxy) is 6. The van der Waals surface area contributed by atoms with Crippen LogP contribution in [0.25, 0.3) is 0 Å². The average molecular weight is 1600 g/mol. The number of hydrogen-bond donors (Lipinski definition) is 12. The Hall–Kier alpha value is -3.03. The second kappa shape index (κ2) is 72.9. The normalized spacial score (nSPS) is 25.2. The van der Waals surface area contributed by atoms with Gasteiger partial charge in [0.05, 0.1) is 38.6 Å². The Labute approximate surface area is 686 Å². The molecule has 3 heterocycles. The molecule has 3 aliphatic heterocycles. The summed E-state index contributed by atoms with van der Waals surface area (Å²) in [5, 5.41) is 121. The van der Waals surface area contributed by atoms with Gasteiger partial charge in [-0.15, -0.1) is 0 Å². The largest absolute Gasteiger partial charge is 0.394 e. The van der Waals surface area contributed by atoms with E-state index in [0.717, 1.165) is 83.5 Å². The van der Waals surface area contributed by atoms with Crippen LogP contribution in [0.2, 0.25) is 0 Å². The highest BCUT2D eigenvalue weighted by atomic mass is 16.8. The van der Waals surface area contributed by atoms with Crippen LogP contribution in [0.15, 0.2) is 85.1 Å². The van der Waals surface area contributed by atoms with Crippen LogP contribution in [-0.2, 0) is 33.2 Å². The molecule has 17 unspecified atom stereocenters. The van der Waals surface area contributed by atoms with Crippen LogP contribution in [0, 0.1) is 0 Å². The van der Waals surface area contributed by atoms with Crippen molar-refractivity contribution in [1.29, 1.82) is 0 Å². The lowest BCUT2D eigenvalue weighted by Crippen LogP contribution is -2.66. The van der Waals surface area contributed by atoms with Gasteiger partial charge in [-0.05, 0) is 70.6 Å². The summed E-state index contributed by atoms with van der Waals surface area (Å²) in [5.74, 6) is -0.272. The fourth-order valence-electron chi connectivity index (χ4n) is 15.4. The Bertz CT molecular complexity index is 2370. The van der Waals surface area contributed by atoms with Gasteiger partial charge >= 0.3 is 0 Å². The van der Waals surface area contributed by atoms with E-state index in [4.69, 9.17) is 28.4 Å². The van der Waals surface area contributed by atoms with Gasteiger partial charge in [-0.1, -0.05) is 381 Å². The zero-order chi connectivity index (χ0) is 81.7. The van der Waals surface area contributed by atoms with Crippen molar-refractivity contribution in [2.45, 2.75) is 478 Å². The molecule has 3 aliphatic rings. The van der Waals surface area contributed by atoms with Gasteiger partial charge in [0.25, 0.3) is 0 Å². The minimum Gasteiger partial charge on any atom is -0.394 e. The third-order valence-electron chi connectivity index (χ3n) is 22.7. The summed E-state index contributed by atoms with van der Waals surface area (Å²) < 4.78 is 34.6. The van der Waals surface area contributed by atoms with Gasteiger partial charge in [0, 0.05) is 6.42 Å². The van der Waals surface area contributed by atoms with Gasteiger partial charge in [0.15, 0.2) is 18.9 Å². The van der Waals surface area contributed by atoms with Crippen molar-refractivity contribution in [2.24, 2.45) is 0 Å². The van der Waals surface area contributed by atoms with E-state index >= 15 is 0 Å². The summed E-state index contributed by atoms with van der Waals surface area (Å²) in [4.78, 5) is 13.5. The second-order valence-corrected chi connectivity index (χ2v) is 32.7. The van der Waals surface area contributed by atoms with Gasteiger partial charge in [-0.2, -0.15) is 0 Å². The number of aliphatic hydroxyl groups excluding tert-OH is 11. The minimum atomic E-state index is -1.98. The molecule has 12 N–H and O–H groups in total. The summed E-state index contributed by atoms with van der Waals surface area (Å²) in [7, 11) is 0. The second-order valence-electron chi connectivity index (χ2n) is 32.7. The van der Waals surface area contributed by atoms with Crippen LogP contribution >= 0.6 is 0 Å². The SMILES string of the molecule is CC/C=C\C/C=C\C/C=C\C/C=C\C/C=C\C/C=C\CCCCCCCCCCCCCCCCCCC(=O)NC(COC1OC(CO)C(OC2OC(CO)C(OC3OC(CO)C(O)C(O)C3O)C(O)C2O)C(O)C1O)C(O)/C=C/CCCCCCCCCCCCCCCCCCCCCCCCCCCCCCCCC. The lowest BCUT2D eigenvalue weighted by Gasteiger charge is -2.48. The zero-order valence-electron chi connectivity index (χ0n) is 71.1. The lowest BCUT2D eigenvalue weighted by atomic mass is 9.96. The maximum atomic E-state index is 13.5. The molecule has 0 aromatic carbocycles. The number of aliphatic hydroxyl groups is 11. The molecule has 0 saturated carbocycles. The van der Waals surface area contributed by atoms with E-state index in [-0.39, 0.29) is 18.9 Å². The highest BCUT2D eigenvalue weighted by molar-refractivity contribution is 5.76. The summed E-state index contributed by atoms with van der Waals surface area (Å²) in [6.07, 6.45) is 73.0. The van der Waals surface area contributed by atoms with Crippen LogP contribution in [0.4, 0.5) is 0 Å². The smallest absolute Gasteiger partial charge is 0.220 e. The molecule has 0 spiro atoms. The first kappa shape index (κ1) is 104. The molecule has 0 aromatic rings. The third kappa shape index (κ3) is 51.3. The maximum Gasteiger partial charge on any atom is 0.220 e.